The van der Waals surface area contributed by atoms with Gasteiger partial charge in [0.1, 0.15) is 17.0 Å². The van der Waals surface area contributed by atoms with Crippen LogP contribution < -0.4 is 10.6 Å². The predicted octanol–water partition coefficient (Wildman–Crippen LogP) is 3.26. The predicted molar refractivity (Wildman–Crippen MR) is 115 cm³/mol. The monoisotopic (exact) mass is 401 g/mol. The van der Waals surface area contributed by atoms with Gasteiger partial charge in [-0.25, -0.2) is 9.97 Å². The van der Waals surface area contributed by atoms with Crippen LogP contribution in [0.1, 0.15) is 42.6 Å². The van der Waals surface area contributed by atoms with E-state index in [-0.39, 0.29) is 11.9 Å². The van der Waals surface area contributed by atoms with E-state index >= 15 is 0 Å². The van der Waals surface area contributed by atoms with Gasteiger partial charge in [0.15, 0.2) is 5.65 Å². The number of anilines is 1. The molecule has 2 aliphatic rings. The summed E-state index contributed by atoms with van der Waals surface area (Å²) in [5, 5.41) is 11.8. The molecular formula is C22H23N7O. The van der Waals surface area contributed by atoms with Gasteiger partial charge in [0.05, 0.1) is 11.9 Å². The molecule has 2 fully saturated rings. The van der Waals surface area contributed by atoms with Gasteiger partial charge in [-0.1, -0.05) is 6.92 Å². The third-order valence-electron chi connectivity index (χ3n) is 6.20. The maximum Gasteiger partial charge on any atom is 0.256 e. The van der Waals surface area contributed by atoms with E-state index in [0.717, 1.165) is 34.5 Å². The second-order valence-electron chi connectivity index (χ2n) is 8.42. The van der Waals surface area contributed by atoms with Crippen molar-refractivity contribution in [3.63, 3.8) is 0 Å². The fraction of sp³-hybridized carbons (Fsp3) is 0.364. The van der Waals surface area contributed by atoms with Crippen LogP contribution in [-0.4, -0.2) is 43.1 Å². The number of hydrogen-bond acceptors (Lipinski definition) is 5. The second kappa shape index (κ2) is 6.29. The number of carbonyl (C=O) groups is 1. The largest absolute Gasteiger partial charge is 0.373 e. The zero-order valence-electron chi connectivity index (χ0n) is 17.0. The molecule has 6 rings (SSSR count). The molecule has 30 heavy (non-hydrogen) atoms. The summed E-state index contributed by atoms with van der Waals surface area (Å²) >= 11 is 0. The lowest BCUT2D eigenvalue weighted by Crippen LogP contribution is -2.26. The van der Waals surface area contributed by atoms with Crippen molar-refractivity contribution in [1.82, 2.24) is 29.5 Å². The van der Waals surface area contributed by atoms with Crippen molar-refractivity contribution < 1.29 is 4.79 Å². The van der Waals surface area contributed by atoms with E-state index in [1.165, 1.54) is 12.8 Å². The van der Waals surface area contributed by atoms with Crippen LogP contribution in [0.5, 0.6) is 0 Å². The standard InChI is InChI=1S/C22H23N7O/c1-12-8-17(12)27-22(30)15-10-25-29-19(23-2)9-18(26-21(15)29)16-11-28(13-5-6-13)20-14(16)4-3-7-24-20/h3-4,7,9-13,17,23H,5-6,8H2,1-2H3,(H,27,30)/t12-,17+/m0/s1. The first-order valence-electron chi connectivity index (χ1n) is 10.5. The van der Waals surface area contributed by atoms with Gasteiger partial charge in [-0.2, -0.15) is 9.61 Å². The third-order valence-corrected chi connectivity index (χ3v) is 6.20. The number of nitrogens with one attached hydrogen (secondary N) is 2. The summed E-state index contributed by atoms with van der Waals surface area (Å²) in [5.41, 5.74) is 3.86. The first kappa shape index (κ1) is 17.4. The molecule has 0 aliphatic heterocycles. The smallest absolute Gasteiger partial charge is 0.256 e. The highest BCUT2D eigenvalue weighted by Crippen LogP contribution is 2.40. The third kappa shape index (κ3) is 2.67. The molecule has 0 aromatic carbocycles. The van der Waals surface area contributed by atoms with E-state index in [1.807, 2.05) is 25.4 Å². The fourth-order valence-corrected chi connectivity index (χ4v) is 4.13. The molecule has 2 aliphatic carbocycles. The number of hydrogen-bond donors (Lipinski definition) is 2. The molecule has 2 N–H and O–H groups in total. The van der Waals surface area contributed by atoms with Gasteiger partial charge in [0.2, 0.25) is 0 Å². The number of pyridine rings is 1. The minimum absolute atomic E-state index is 0.117. The van der Waals surface area contributed by atoms with E-state index in [9.17, 15) is 4.79 Å². The van der Waals surface area contributed by atoms with Gasteiger partial charge in [-0.05, 0) is 37.3 Å². The van der Waals surface area contributed by atoms with Crippen LogP contribution in [0.4, 0.5) is 5.82 Å². The summed E-state index contributed by atoms with van der Waals surface area (Å²) in [7, 11) is 1.85. The number of amides is 1. The van der Waals surface area contributed by atoms with Crippen LogP contribution in [0.3, 0.4) is 0 Å². The summed E-state index contributed by atoms with van der Waals surface area (Å²) in [6, 6.07) is 6.78. The van der Waals surface area contributed by atoms with Crippen molar-refractivity contribution in [2.75, 3.05) is 12.4 Å². The highest BCUT2D eigenvalue weighted by atomic mass is 16.1. The molecule has 4 aromatic rings. The lowest BCUT2D eigenvalue weighted by Gasteiger charge is -2.08. The summed E-state index contributed by atoms with van der Waals surface area (Å²) < 4.78 is 3.95. The van der Waals surface area contributed by atoms with Crippen molar-refractivity contribution in [2.24, 2.45) is 5.92 Å². The lowest BCUT2D eigenvalue weighted by molar-refractivity contribution is 0.0951. The maximum atomic E-state index is 12.8. The summed E-state index contributed by atoms with van der Waals surface area (Å²) in [6.45, 7) is 2.14. The Kier molecular flexibility index (Phi) is 3.65. The molecular weight excluding hydrogens is 378 g/mol. The Hall–Kier alpha value is -3.42. The molecule has 4 heterocycles. The Labute approximate surface area is 173 Å². The zero-order chi connectivity index (χ0) is 20.4. The molecule has 8 heteroatoms. The molecule has 0 saturated heterocycles. The van der Waals surface area contributed by atoms with Gasteiger partial charge in [0, 0.05) is 48.5 Å². The first-order valence-corrected chi connectivity index (χ1v) is 10.5. The van der Waals surface area contributed by atoms with Crippen LogP contribution in [-0.2, 0) is 0 Å². The summed E-state index contributed by atoms with van der Waals surface area (Å²) in [4.78, 5) is 22.3. The van der Waals surface area contributed by atoms with Crippen molar-refractivity contribution in [1.29, 1.82) is 0 Å². The molecule has 0 unspecified atom stereocenters. The molecule has 0 bridgehead atoms. The van der Waals surface area contributed by atoms with Crippen LogP contribution in [0.25, 0.3) is 27.9 Å². The number of nitrogens with zero attached hydrogens (tertiary/aromatic N) is 5. The van der Waals surface area contributed by atoms with Crippen LogP contribution in [0.2, 0.25) is 0 Å². The Bertz CT molecular complexity index is 1300. The number of rotatable bonds is 5. The molecule has 4 aromatic heterocycles. The highest BCUT2D eigenvalue weighted by Gasteiger charge is 2.35. The van der Waals surface area contributed by atoms with Gasteiger partial charge < -0.3 is 15.2 Å². The van der Waals surface area contributed by atoms with E-state index in [0.29, 0.717) is 23.2 Å². The number of carbonyl (C=O) groups excluding carboxylic acids is 1. The Morgan fingerprint density at radius 2 is 2.10 bits per heavy atom. The van der Waals surface area contributed by atoms with Crippen LogP contribution >= 0.6 is 0 Å². The average Bonchev–Trinajstić information content (AvgIpc) is 3.64. The van der Waals surface area contributed by atoms with Crippen LogP contribution in [0.15, 0.2) is 36.8 Å². The highest BCUT2D eigenvalue weighted by molar-refractivity contribution is 6.01. The van der Waals surface area contributed by atoms with Gasteiger partial charge in [0.25, 0.3) is 5.91 Å². The van der Waals surface area contributed by atoms with Crippen LogP contribution in [0, 0.1) is 5.92 Å². The Morgan fingerprint density at radius 3 is 2.83 bits per heavy atom. The van der Waals surface area contributed by atoms with Crippen molar-refractivity contribution in [3.8, 4) is 11.3 Å². The molecule has 152 valence electrons. The van der Waals surface area contributed by atoms with Crippen molar-refractivity contribution in [3.05, 3.63) is 42.4 Å². The van der Waals surface area contributed by atoms with Gasteiger partial charge in [-0.15, -0.1) is 0 Å². The minimum Gasteiger partial charge on any atom is -0.373 e. The van der Waals surface area contributed by atoms with E-state index in [1.54, 1.807) is 10.7 Å². The van der Waals surface area contributed by atoms with Crippen molar-refractivity contribution >= 4 is 28.4 Å². The summed E-state index contributed by atoms with van der Waals surface area (Å²) in [6.07, 6.45) is 8.97. The molecule has 1 amide bonds. The first-order chi connectivity index (χ1) is 14.6. The normalized spacial score (nSPS) is 20.6. The molecule has 2 saturated carbocycles. The lowest BCUT2D eigenvalue weighted by atomic mass is 10.1. The molecule has 2 atom stereocenters. The maximum absolute atomic E-state index is 12.8. The van der Waals surface area contributed by atoms with E-state index < -0.39 is 0 Å². The minimum atomic E-state index is -0.117. The second-order valence-corrected chi connectivity index (χ2v) is 8.42. The van der Waals surface area contributed by atoms with E-state index in [4.69, 9.17) is 4.98 Å². The number of aromatic nitrogens is 5. The van der Waals surface area contributed by atoms with Gasteiger partial charge >= 0.3 is 0 Å². The molecule has 8 nitrogen and oxygen atoms in total. The SMILES string of the molecule is CNc1cc(-c2cn(C3CC3)c3ncccc23)nc2c(C(=O)N[C@@H]3C[C@@H]3C)cnn12. The average molecular weight is 401 g/mol. The molecule has 0 radical (unpaired) electrons. The zero-order valence-corrected chi connectivity index (χ0v) is 17.0. The van der Waals surface area contributed by atoms with Crippen molar-refractivity contribution in [2.45, 2.75) is 38.3 Å². The summed E-state index contributed by atoms with van der Waals surface area (Å²) in [5.74, 6) is 1.20. The Morgan fingerprint density at radius 1 is 1.27 bits per heavy atom. The number of fused-ring (bicyclic) bond motifs is 2. The van der Waals surface area contributed by atoms with Gasteiger partial charge in [-0.3, -0.25) is 4.79 Å². The Balaban J connectivity index is 1.51. The van der Waals surface area contributed by atoms with E-state index in [2.05, 4.69) is 44.5 Å². The quantitative estimate of drug-likeness (QED) is 0.536. The fourth-order valence-electron chi connectivity index (χ4n) is 4.13. The topological polar surface area (TPSA) is 89.1 Å². The molecule has 0 spiro atoms.